The van der Waals surface area contributed by atoms with Gasteiger partial charge in [-0.25, -0.2) is 0 Å². The number of nitrogens with zero attached hydrogens (tertiary/aromatic N) is 2. The van der Waals surface area contributed by atoms with E-state index in [0.717, 1.165) is 38.4 Å². The summed E-state index contributed by atoms with van der Waals surface area (Å²) in [5, 5.41) is 21.4. The Morgan fingerprint density at radius 2 is 1.55 bits per heavy atom. The molecule has 2 rings (SSSR count). The van der Waals surface area contributed by atoms with E-state index in [2.05, 4.69) is 13.8 Å². The summed E-state index contributed by atoms with van der Waals surface area (Å²) in [7, 11) is 0. The number of hydrogen-bond donors (Lipinski definition) is 2. The fraction of sp³-hybridized carbons (Fsp3) is 1.00. The first-order valence-corrected chi connectivity index (χ1v) is 9.49. The largest absolute Gasteiger partial charge is 0.314 e. The molecular weight excluding hydrogens is 276 g/mol. The Morgan fingerprint density at radius 1 is 0.864 bits per heavy atom. The average Bonchev–Trinajstić information content (AvgIpc) is 2.50. The molecule has 22 heavy (non-hydrogen) atoms. The molecule has 2 fully saturated rings. The maximum absolute atomic E-state index is 9.65. The summed E-state index contributed by atoms with van der Waals surface area (Å²) < 4.78 is 0. The lowest BCUT2D eigenvalue weighted by molar-refractivity contribution is -0.143. The molecule has 0 radical (unpaired) electrons. The molecule has 1 unspecified atom stereocenters. The van der Waals surface area contributed by atoms with Crippen molar-refractivity contribution in [3.63, 3.8) is 0 Å². The van der Waals surface area contributed by atoms with Crippen molar-refractivity contribution in [1.29, 1.82) is 0 Å². The lowest BCUT2D eigenvalue weighted by Crippen LogP contribution is -2.36. The van der Waals surface area contributed by atoms with Crippen molar-refractivity contribution in [3.05, 3.63) is 0 Å². The number of piperidine rings is 2. The molecule has 2 saturated heterocycles. The molecule has 0 aromatic carbocycles. The Bertz CT molecular complexity index is 255. The van der Waals surface area contributed by atoms with E-state index in [1.165, 1.54) is 62.9 Å². The molecule has 0 aromatic rings. The van der Waals surface area contributed by atoms with Gasteiger partial charge in [-0.15, -0.1) is 0 Å². The molecule has 4 nitrogen and oxygen atoms in total. The van der Waals surface area contributed by atoms with Crippen LogP contribution in [0.4, 0.5) is 0 Å². The van der Waals surface area contributed by atoms with Crippen LogP contribution >= 0.6 is 0 Å². The highest BCUT2D eigenvalue weighted by atomic mass is 16.5. The molecule has 2 heterocycles. The second-order valence-corrected chi connectivity index (χ2v) is 7.36. The minimum absolute atomic E-state index is 0.456. The van der Waals surface area contributed by atoms with Crippen LogP contribution in [-0.2, 0) is 0 Å². The van der Waals surface area contributed by atoms with Gasteiger partial charge in [-0.2, -0.15) is 10.1 Å². The second-order valence-electron chi connectivity index (χ2n) is 7.36. The zero-order valence-electron chi connectivity index (χ0n) is 14.8. The monoisotopic (exact) mass is 314 g/mol. The maximum atomic E-state index is 9.65. The van der Waals surface area contributed by atoms with E-state index in [-0.39, 0.29) is 0 Å². The minimum atomic E-state index is 0.456. The van der Waals surface area contributed by atoms with Gasteiger partial charge in [0.1, 0.15) is 0 Å². The third kappa shape index (κ3) is 9.78. The Labute approximate surface area is 137 Å². The summed E-state index contributed by atoms with van der Waals surface area (Å²) in [6, 6.07) is 0.456. The molecule has 0 spiro atoms. The lowest BCUT2D eigenvalue weighted by atomic mass is 9.97. The molecule has 1 atom stereocenters. The van der Waals surface area contributed by atoms with Crippen LogP contribution in [-0.4, -0.2) is 46.2 Å². The zero-order chi connectivity index (χ0) is 16.2. The van der Waals surface area contributed by atoms with Crippen LogP contribution in [0, 0.1) is 5.92 Å². The van der Waals surface area contributed by atoms with Crippen molar-refractivity contribution in [2.24, 2.45) is 5.92 Å². The minimum Gasteiger partial charge on any atom is -0.314 e. The topological polar surface area (TPSA) is 46.9 Å². The van der Waals surface area contributed by atoms with E-state index in [9.17, 15) is 5.21 Å². The Kier molecular flexibility index (Phi) is 11.1. The van der Waals surface area contributed by atoms with Gasteiger partial charge in [0.2, 0.25) is 0 Å². The van der Waals surface area contributed by atoms with Crippen LogP contribution in [0.3, 0.4) is 0 Å². The number of rotatable bonds is 6. The van der Waals surface area contributed by atoms with Crippen molar-refractivity contribution in [2.45, 2.75) is 90.5 Å². The third-order valence-corrected chi connectivity index (χ3v) is 4.75. The third-order valence-electron chi connectivity index (χ3n) is 4.75. The van der Waals surface area contributed by atoms with Crippen molar-refractivity contribution in [2.75, 3.05) is 19.6 Å². The van der Waals surface area contributed by atoms with Gasteiger partial charge < -0.3 is 10.4 Å². The highest BCUT2D eigenvalue weighted by Crippen LogP contribution is 2.20. The summed E-state index contributed by atoms with van der Waals surface area (Å²) in [5.41, 5.74) is 0. The van der Waals surface area contributed by atoms with Gasteiger partial charge in [0.05, 0.1) is 0 Å². The van der Waals surface area contributed by atoms with E-state index in [4.69, 9.17) is 5.21 Å². The number of hydrogen-bond acceptors (Lipinski definition) is 4. The van der Waals surface area contributed by atoms with Gasteiger partial charge in [0, 0.05) is 25.7 Å². The van der Waals surface area contributed by atoms with Gasteiger partial charge in [-0.1, -0.05) is 52.4 Å². The van der Waals surface area contributed by atoms with Crippen molar-refractivity contribution in [1.82, 2.24) is 10.1 Å². The molecule has 0 aliphatic carbocycles. The zero-order valence-corrected chi connectivity index (χ0v) is 14.8. The normalized spacial score (nSPS) is 24.1. The average molecular weight is 315 g/mol. The van der Waals surface area contributed by atoms with Gasteiger partial charge >= 0.3 is 0 Å². The maximum Gasteiger partial charge on any atom is 0.0350 e. The van der Waals surface area contributed by atoms with E-state index >= 15 is 0 Å². The molecule has 0 bridgehead atoms. The molecule has 2 N–H and O–H groups in total. The first kappa shape index (κ1) is 19.9. The van der Waals surface area contributed by atoms with E-state index in [0.29, 0.717) is 6.04 Å². The predicted molar refractivity (Wildman–Crippen MR) is 91.3 cm³/mol. The summed E-state index contributed by atoms with van der Waals surface area (Å²) in [6.07, 6.45) is 13.8. The van der Waals surface area contributed by atoms with E-state index in [1.807, 2.05) is 0 Å². The second kappa shape index (κ2) is 12.3. The lowest BCUT2D eigenvalue weighted by Gasteiger charge is -2.30. The summed E-state index contributed by atoms with van der Waals surface area (Å²) >= 11 is 0. The Balaban J connectivity index is 0.000000287. The fourth-order valence-corrected chi connectivity index (χ4v) is 3.27. The first-order valence-electron chi connectivity index (χ1n) is 9.49. The van der Waals surface area contributed by atoms with Crippen LogP contribution in [0.5, 0.6) is 0 Å². The summed E-state index contributed by atoms with van der Waals surface area (Å²) in [5.74, 6) is 0.842. The molecule has 0 amide bonds. The van der Waals surface area contributed by atoms with Crippen molar-refractivity contribution >= 4 is 0 Å². The van der Waals surface area contributed by atoms with E-state index in [1.54, 1.807) is 5.06 Å². The first-order chi connectivity index (χ1) is 10.6. The SMILES string of the molecule is CC(C)CCCCCC1CCCCN1O.ON1CCCCC1. The summed E-state index contributed by atoms with van der Waals surface area (Å²) in [4.78, 5) is 0. The molecule has 0 aromatic heterocycles. The van der Waals surface area contributed by atoms with E-state index < -0.39 is 0 Å². The Hall–Kier alpha value is -0.160. The van der Waals surface area contributed by atoms with Crippen molar-refractivity contribution in [3.8, 4) is 0 Å². The quantitative estimate of drug-likeness (QED) is 0.698. The Morgan fingerprint density at radius 3 is 2.09 bits per heavy atom. The standard InChI is InChI=1S/C13H27NO.C5H11NO/c1-12(2)8-4-3-5-9-13-10-6-7-11-14(13)15;7-6-4-2-1-3-5-6/h12-13,15H,3-11H2,1-2H3;7H,1-5H2. The summed E-state index contributed by atoms with van der Waals surface area (Å²) in [6.45, 7) is 7.21. The highest BCUT2D eigenvalue weighted by Gasteiger charge is 2.19. The number of hydroxylamine groups is 4. The highest BCUT2D eigenvalue weighted by molar-refractivity contribution is 4.70. The molecule has 2 aliphatic heterocycles. The molecule has 0 saturated carbocycles. The van der Waals surface area contributed by atoms with Crippen LogP contribution in [0.15, 0.2) is 0 Å². The van der Waals surface area contributed by atoms with Gasteiger partial charge in [-0.3, -0.25) is 0 Å². The van der Waals surface area contributed by atoms with Gasteiger partial charge in [0.15, 0.2) is 0 Å². The van der Waals surface area contributed by atoms with Gasteiger partial charge in [-0.05, 0) is 38.0 Å². The van der Waals surface area contributed by atoms with Gasteiger partial charge in [0.25, 0.3) is 0 Å². The predicted octanol–water partition coefficient (Wildman–Crippen LogP) is 4.70. The molecule has 4 heteroatoms. The van der Waals surface area contributed by atoms with Crippen LogP contribution < -0.4 is 0 Å². The fourth-order valence-electron chi connectivity index (χ4n) is 3.27. The molecule has 132 valence electrons. The van der Waals surface area contributed by atoms with Crippen molar-refractivity contribution < 1.29 is 10.4 Å². The van der Waals surface area contributed by atoms with Crippen LogP contribution in [0.1, 0.15) is 84.5 Å². The molecule has 2 aliphatic rings. The van der Waals surface area contributed by atoms with Crippen LogP contribution in [0.2, 0.25) is 0 Å². The number of unbranched alkanes of at least 4 members (excludes halogenated alkanes) is 2. The van der Waals surface area contributed by atoms with Crippen LogP contribution in [0.25, 0.3) is 0 Å². The smallest absolute Gasteiger partial charge is 0.0350 e. The molecular formula is C18H38N2O2.